The molecule has 6 nitrogen and oxygen atoms in total. The topological polar surface area (TPSA) is 71.5 Å². The smallest absolute Gasteiger partial charge is 0.312 e. The summed E-state index contributed by atoms with van der Waals surface area (Å²) in [4.78, 5) is 29.5. The van der Waals surface area contributed by atoms with Crippen molar-refractivity contribution < 1.29 is 14.3 Å². The van der Waals surface area contributed by atoms with E-state index in [0.29, 0.717) is 13.1 Å². The molecule has 0 radical (unpaired) electrons. The molecule has 1 fully saturated rings. The third kappa shape index (κ3) is 3.77. The van der Waals surface area contributed by atoms with Crippen LogP contribution >= 0.6 is 0 Å². The van der Waals surface area contributed by atoms with Crippen LogP contribution in [-0.2, 0) is 20.9 Å². The van der Waals surface area contributed by atoms with Crippen LogP contribution in [0.3, 0.4) is 0 Å². The second kappa shape index (κ2) is 6.47. The fourth-order valence-corrected chi connectivity index (χ4v) is 2.24. The van der Waals surface area contributed by atoms with E-state index in [9.17, 15) is 9.59 Å². The van der Waals surface area contributed by atoms with E-state index >= 15 is 0 Å². The molecule has 20 heavy (non-hydrogen) atoms. The number of hydrogen-bond donors (Lipinski definition) is 1. The van der Waals surface area contributed by atoms with Crippen LogP contribution in [0.2, 0.25) is 0 Å². The van der Waals surface area contributed by atoms with Crippen molar-refractivity contribution in [2.45, 2.75) is 32.6 Å². The van der Waals surface area contributed by atoms with Gasteiger partial charge in [0.15, 0.2) is 0 Å². The highest BCUT2D eigenvalue weighted by Gasteiger charge is 2.29. The second-order valence-corrected chi connectivity index (χ2v) is 4.97. The van der Waals surface area contributed by atoms with Gasteiger partial charge in [-0.25, -0.2) is 0 Å². The van der Waals surface area contributed by atoms with Gasteiger partial charge in [0.1, 0.15) is 0 Å². The number of carbonyl (C=O) groups is 2. The third-order valence-electron chi connectivity index (χ3n) is 3.06. The van der Waals surface area contributed by atoms with Crippen molar-refractivity contribution in [2.24, 2.45) is 0 Å². The van der Waals surface area contributed by atoms with Crippen LogP contribution in [0.1, 0.15) is 19.5 Å². The minimum Gasteiger partial charge on any atom is -0.372 e. The summed E-state index contributed by atoms with van der Waals surface area (Å²) >= 11 is 0. The zero-order chi connectivity index (χ0) is 14.5. The van der Waals surface area contributed by atoms with Crippen molar-refractivity contribution in [1.29, 1.82) is 0 Å². The molecule has 1 aliphatic rings. The second-order valence-electron chi connectivity index (χ2n) is 4.97. The van der Waals surface area contributed by atoms with Crippen molar-refractivity contribution in [3.8, 4) is 0 Å². The number of pyridine rings is 1. The predicted molar refractivity (Wildman–Crippen MR) is 72.7 cm³/mol. The van der Waals surface area contributed by atoms with Crippen LogP contribution in [0.25, 0.3) is 0 Å². The predicted octanol–water partition coefficient (Wildman–Crippen LogP) is 0.334. The van der Waals surface area contributed by atoms with Gasteiger partial charge in [0.2, 0.25) is 0 Å². The molecule has 1 aromatic heterocycles. The Morgan fingerprint density at radius 2 is 2.05 bits per heavy atom. The lowest BCUT2D eigenvalue weighted by Gasteiger charge is -2.34. The molecule has 1 N–H and O–H groups in total. The minimum absolute atomic E-state index is 0.0497. The van der Waals surface area contributed by atoms with Crippen molar-refractivity contribution in [3.63, 3.8) is 0 Å². The maximum Gasteiger partial charge on any atom is 0.312 e. The summed E-state index contributed by atoms with van der Waals surface area (Å²) in [5.41, 5.74) is 0.720. The molecule has 1 aromatic rings. The number of nitrogens with one attached hydrogen (secondary N) is 1. The average molecular weight is 277 g/mol. The van der Waals surface area contributed by atoms with Crippen molar-refractivity contribution in [2.75, 3.05) is 13.1 Å². The maximum atomic E-state index is 12.0. The lowest BCUT2D eigenvalue weighted by molar-refractivity contribution is -0.153. The summed E-state index contributed by atoms with van der Waals surface area (Å²) < 4.78 is 5.54. The number of aromatic nitrogens is 1. The van der Waals surface area contributed by atoms with E-state index in [0.717, 1.165) is 5.69 Å². The molecule has 0 saturated carbocycles. The van der Waals surface area contributed by atoms with Gasteiger partial charge >= 0.3 is 11.8 Å². The molecule has 1 aliphatic heterocycles. The molecular weight excluding hydrogens is 258 g/mol. The van der Waals surface area contributed by atoms with E-state index in [-0.39, 0.29) is 18.8 Å². The average Bonchev–Trinajstić information content (AvgIpc) is 2.44. The Labute approximate surface area is 118 Å². The quantitative estimate of drug-likeness (QED) is 0.791. The molecule has 0 bridgehead atoms. The van der Waals surface area contributed by atoms with Crippen LogP contribution in [0.5, 0.6) is 0 Å². The molecule has 0 spiro atoms. The molecule has 0 aromatic carbocycles. The van der Waals surface area contributed by atoms with Crippen LogP contribution in [0.15, 0.2) is 24.4 Å². The first-order valence-corrected chi connectivity index (χ1v) is 6.68. The fraction of sp³-hybridized carbons (Fsp3) is 0.500. The Balaban J connectivity index is 1.87. The molecule has 6 heteroatoms. The molecule has 108 valence electrons. The van der Waals surface area contributed by atoms with Gasteiger partial charge in [0.25, 0.3) is 0 Å². The molecule has 2 heterocycles. The van der Waals surface area contributed by atoms with Crippen LogP contribution in [0, 0.1) is 0 Å². The van der Waals surface area contributed by atoms with E-state index < -0.39 is 11.8 Å². The molecule has 1 saturated heterocycles. The highest BCUT2D eigenvalue weighted by Crippen LogP contribution is 2.10. The Morgan fingerprint density at radius 1 is 1.35 bits per heavy atom. The SMILES string of the molecule is CC1CN(C(=O)C(=O)NCc2ccccn2)CC(C)O1. The molecule has 2 amide bonds. The lowest BCUT2D eigenvalue weighted by Crippen LogP contribution is -2.52. The number of amides is 2. The Hall–Kier alpha value is -1.95. The number of carbonyl (C=O) groups excluding carboxylic acids is 2. The Kier molecular flexibility index (Phi) is 4.68. The minimum atomic E-state index is -0.600. The van der Waals surface area contributed by atoms with E-state index in [1.807, 2.05) is 19.9 Å². The zero-order valence-electron chi connectivity index (χ0n) is 11.7. The van der Waals surface area contributed by atoms with Crippen molar-refractivity contribution in [1.82, 2.24) is 15.2 Å². The van der Waals surface area contributed by atoms with Crippen LogP contribution < -0.4 is 5.32 Å². The van der Waals surface area contributed by atoms with Gasteiger partial charge < -0.3 is 15.0 Å². The Morgan fingerprint density at radius 3 is 2.65 bits per heavy atom. The van der Waals surface area contributed by atoms with Crippen LogP contribution in [-0.4, -0.2) is 47.0 Å². The van der Waals surface area contributed by atoms with Crippen LogP contribution in [0.4, 0.5) is 0 Å². The fourth-order valence-electron chi connectivity index (χ4n) is 2.24. The first kappa shape index (κ1) is 14.5. The first-order valence-electron chi connectivity index (χ1n) is 6.68. The van der Waals surface area contributed by atoms with Crippen molar-refractivity contribution in [3.05, 3.63) is 30.1 Å². The molecule has 2 rings (SSSR count). The zero-order valence-corrected chi connectivity index (χ0v) is 11.7. The van der Waals surface area contributed by atoms with E-state index in [1.165, 1.54) is 4.90 Å². The summed E-state index contributed by atoms with van der Waals surface area (Å²) in [6.07, 6.45) is 1.55. The van der Waals surface area contributed by atoms with E-state index in [2.05, 4.69) is 10.3 Å². The first-order chi connectivity index (χ1) is 9.56. The van der Waals surface area contributed by atoms with Gasteiger partial charge in [0.05, 0.1) is 24.4 Å². The summed E-state index contributed by atoms with van der Waals surface area (Å²) in [5, 5.41) is 2.59. The molecule has 0 aliphatic carbocycles. The highest BCUT2D eigenvalue weighted by molar-refractivity contribution is 6.35. The Bertz CT molecular complexity index is 468. The molecular formula is C14H19N3O3. The standard InChI is InChI=1S/C14H19N3O3/c1-10-8-17(9-11(2)20-10)14(19)13(18)16-7-12-5-3-4-6-15-12/h3-6,10-11H,7-9H2,1-2H3,(H,16,18). The van der Waals surface area contributed by atoms with Gasteiger partial charge in [0, 0.05) is 19.3 Å². The van der Waals surface area contributed by atoms with Gasteiger partial charge in [-0.3, -0.25) is 14.6 Å². The largest absolute Gasteiger partial charge is 0.372 e. The maximum absolute atomic E-state index is 12.0. The van der Waals surface area contributed by atoms with E-state index in [4.69, 9.17) is 4.74 Å². The van der Waals surface area contributed by atoms with E-state index in [1.54, 1.807) is 18.3 Å². The number of morpholine rings is 1. The van der Waals surface area contributed by atoms with Gasteiger partial charge in [-0.05, 0) is 26.0 Å². The monoisotopic (exact) mass is 277 g/mol. The number of rotatable bonds is 2. The van der Waals surface area contributed by atoms with Gasteiger partial charge in [-0.2, -0.15) is 0 Å². The molecule has 2 unspecified atom stereocenters. The summed E-state index contributed by atoms with van der Waals surface area (Å²) in [5.74, 6) is -1.11. The number of ether oxygens (including phenoxy) is 1. The van der Waals surface area contributed by atoms with Crippen molar-refractivity contribution >= 4 is 11.8 Å². The van der Waals surface area contributed by atoms with Gasteiger partial charge in [-0.1, -0.05) is 6.07 Å². The summed E-state index contributed by atoms with van der Waals surface area (Å²) in [6, 6.07) is 5.43. The number of nitrogens with zero attached hydrogens (tertiary/aromatic N) is 2. The normalized spacial score (nSPS) is 22.4. The highest BCUT2D eigenvalue weighted by atomic mass is 16.5. The lowest BCUT2D eigenvalue weighted by atomic mass is 10.2. The van der Waals surface area contributed by atoms with Gasteiger partial charge in [-0.15, -0.1) is 0 Å². The molecule has 2 atom stereocenters. The summed E-state index contributed by atoms with van der Waals surface area (Å²) in [6.45, 7) is 4.92. The summed E-state index contributed by atoms with van der Waals surface area (Å²) in [7, 11) is 0. The third-order valence-corrected chi connectivity index (χ3v) is 3.06. The number of hydrogen-bond acceptors (Lipinski definition) is 4.